The summed E-state index contributed by atoms with van der Waals surface area (Å²) < 4.78 is 5.10. The van der Waals surface area contributed by atoms with Gasteiger partial charge < -0.3 is 9.84 Å². The summed E-state index contributed by atoms with van der Waals surface area (Å²) in [5.41, 5.74) is 3.69. The van der Waals surface area contributed by atoms with Crippen LogP contribution in [0.5, 0.6) is 0 Å². The summed E-state index contributed by atoms with van der Waals surface area (Å²) in [6.45, 7) is 2.49. The first-order valence-corrected chi connectivity index (χ1v) is 5.33. The second-order valence-electron chi connectivity index (χ2n) is 3.53. The van der Waals surface area contributed by atoms with Crippen LogP contribution in [-0.4, -0.2) is 36.2 Å². The van der Waals surface area contributed by atoms with Gasteiger partial charge in [0.2, 0.25) is 11.8 Å². The van der Waals surface area contributed by atoms with Gasteiger partial charge in [-0.05, 0) is 12.8 Å². The lowest BCUT2D eigenvalue weighted by Gasteiger charge is -2.17. The van der Waals surface area contributed by atoms with Crippen molar-refractivity contribution in [3.63, 3.8) is 0 Å². The molecule has 100 valence electrons. The Morgan fingerprint density at radius 2 is 1.82 bits per heavy atom. The van der Waals surface area contributed by atoms with E-state index < -0.39 is 23.8 Å². The molecule has 0 aromatic rings. The lowest BCUT2D eigenvalue weighted by molar-refractivity contribution is -0.137. The minimum atomic E-state index is -1.13. The number of rotatable bonds is 8. The summed E-state index contributed by atoms with van der Waals surface area (Å²) >= 11 is 0. The zero-order valence-corrected chi connectivity index (χ0v) is 9.81. The Balaban J connectivity index is 4.23. The number of hydrazine groups is 2. The fourth-order valence-corrected chi connectivity index (χ4v) is 1.24. The Morgan fingerprint density at radius 3 is 2.24 bits per heavy atom. The van der Waals surface area contributed by atoms with E-state index in [0.29, 0.717) is 6.61 Å². The number of hydrogen-bond donors (Lipinski definition) is 5. The van der Waals surface area contributed by atoms with Crippen molar-refractivity contribution in [1.29, 1.82) is 0 Å². The van der Waals surface area contributed by atoms with E-state index in [-0.39, 0.29) is 13.0 Å². The van der Waals surface area contributed by atoms with Gasteiger partial charge in [-0.1, -0.05) is 6.92 Å². The Kier molecular flexibility index (Phi) is 8.24. The van der Waals surface area contributed by atoms with Crippen LogP contribution in [0, 0.1) is 5.92 Å². The zero-order chi connectivity index (χ0) is 13.3. The van der Waals surface area contributed by atoms with E-state index in [1.807, 2.05) is 17.8 Å². The van der Waals surface area contributed by atoms with E-state index in [4.69, 9.17) is 16.4 Å². The second kappa shape index (κ2) is 8.88. The molecule has 0 fully saturated rings. The number of nitrogens with two attached hydrogens (primary N) is 2. The smallest absolute Gasteiger partial charge is 0.246 e. The molecule has 0 aromatic heterocycles. The lowest BCUT2D eigenvalue weighted by atomic mass is 10.0. The molecule has 0 saturated carbocycles. The topological polar surface area (TPSA) is 140 Å². The third-order valence-corrected chi connectivity index (χ3v) is 2.08. The number of ether oxygens (including phenoxy) is 1. The highest BCUT2D eigenvalue weighted by Gasteiger charge is 2.28. The van der Waals surface area contributed by atoms with E-state index in [1.165, 1.54) is 0 Å². The maximum Gasteiger partial charge on any atom is 0.246 e. The van der Waals surface area contributed by atoms with Crippen LogP contribution in [0.2, 0.25) is 0 Å². The van der Waals surface area contributed by atoms with Crippen molar-refractivity contribution in [2.45, 2.75) is 25.9 Å². The van der Waals surface area contributed by atoms with E-state index in [1.54, 1.807) is 0 Å². The van der Waals surface area contributed by atoms with Crippen molar-refractivity contribution in [1.82, 2.24) is 10.9 Å². The molecule has 0 aliphatic heterocycles. The summed E-state index contributed by atoms with van der Waals surface area (Å²) in [4.78, 5) is 22.5. The molecule has 0 aromatic carbocycles. The second-order valence-corrected chi connectivity index (χ2v) is 3.53. The molecule has 1 atom stereocenters. The molecule has 0 rings (SSSR count). The number of carbonyl (C=O) groups is 2. The third kappa shape index (κ3) is 6.17. The highest BCUT2D eigenvalue weighted by Crippen LogP contribution is 2.08. The fourth-order valence-electron chi connectivity index (χ4n) is 1.24. The number of amides is 2. The molecular weight excluding hydrogens is 228 g/mol. The van der Waals surface area contributed by atoms with Crippen molar-refractivity contribution in [2.24, 2.45) is 17.6 Å². The standard InChI is InChI=1S/C9H20N4O4/c1-2-3-17-5-6(14)4-7(8(15)12-10)9(16)13-11/h6-7,14H,2-5,10-11H2,1H3,(H,12,15)(H,13,16)/t6-/m1/s1. The van der Waals surface area contributed by atoms with Gasteiger partial charge in [0.1, 0.15) is 5.92 Å². The van der Waals surface area contributed by atoms with Gasteiger partial charge >= 0.3 is 0 Å². The average molecular weight is 248 g/mol. The Morgan fingerprint density at radius 1 is 1.29 bits per heavy atom. The van der Waals surface area contributed by atoms with Crippen LogP contribution in [-0.2, 0) is 14.3 Å². The van der Waals surface area contributed by atoms with E-state index in [2.05, 4.69) is 0 Å². The Labute approximate surface area is 99.6 Å². The number of hydrogen-bond acceptors (Lipinski definition) is 6. The lowest BCUT2D eigenvalue weighted by Crippen LogP contribution is -2.47. The van der Waals surface area contributed by atoms with Crippen molar-refractivity contribution >= 4 is 11.8 Å². The number of carbonyl (C=O) groups excluding carboxylic acids is 2. The van der Waals surface area contributed by atoms with Gasteiger partial charge in [-0.2, -0.15) is 0 Å². The molecule has 0 aliphatic carbocycles. The van der Waals surface area contributed by atoms with Gasteiger partial charge in [-0.3, -0.25) is 20.4 Å². The quantitative estimate of drug-likeness (QED) is 0.108. The molecule has 8 nitrogen and oxygen atoms in total. The van der Waals surface area contributed by atoms with E-state index >= 15 is 0 Å². The zero-order valence-electron chi connectivity index (χ0n) is 9.81. The minimum Gasteiger partial charge on any atom is -0.391 e. The molecule has 0 saturated heterocycles. The predicted molar refractivity (Wildman–Crippen MR) is 59.9 cm³/mol. The van der Waals surface area contributed by atoms with Crippen LogP contribution in [0.1, 0.15) is 19.8 Å². The maximum absolute atomic E-state index is 11.3. The predicted octanol–water partition coefficient (Wildman–Crippen LogP) is -2.24. The fraction of sp³-hybridized carbons (Fsp3) is 0.778. The summed E-state index contributed by atoms with van der Waals surface area (Å²) in [5.74, 6) is 7.31. The van der Waals surface area contributed by atoms with Crippen LogP contribution >= 0.6 is 0 Å². The van der Waals surface area contributed by atoms with Crippen molar-refractivity contribution < 1.29 is 19.4 Å². The van der Waals surface area contributed by atoms with Gasteiger partial charge in [0.25, 0.3) is 0 Å². The Bertz CT molecular complexity index is 233. The summed E-state index contributed by atoms with van der Waals surface area (Å²) in [7, 11) is 0. The molecule has 0 bridgehead atoms. The molecule has 0 spiro atoms. The third-order valence-electron chi connectivity index (χ3n) is 2.08. The molecule has 8 heteroatoms. The van der Waals surface area contributed by atoms with E-state index in [0.717, 1.165) is 6.42 Å². The van der Waals surface area contributed by atoms with Gasteiger partial charge in [0.05, 0.1) is 12.7 Å². The first-order chi connectivity index (χ1) is 8.06. The van der Waals surface area contributed by atoms with Crippen LogP contribution in [0.25, 0.3) is 0 Å². The largest absolute Gasteiger partial charge is 0.391 e. The van der Waals surface area contributed by atoms with Gasteiger partial charge in [-0.15, -0.1) is 0 Å². The van der Waals surface area contributed by atoms with Gasteiger partial charge in [0.15, 0.2) is 0 Å². The van der Waals surface area contributed by atoms with Crippen LogP contribution in [0.4, 0.5) is 0 Å². The maximum atomic E-state index is 11.3. The van der Waals surface area contributed by atoms with Crippen molar-refractivity contribution in [3.05, 3.63) is 0 Å². The van der Waals surface area contributed by atoms with Crippen LogP contribution < -0.4 is 22.5 Å². The molecule has 0 unspecified atom stereocenters. The average Bonchev–Trinajstić information content (AvgIpc) is 2.34. The molecule has 0 aliphatic rings. The van der Waals surface area contributed by atoms with Crippen molar-refractivity contribution in [3.8, 4) is 0 Å². The van der Waals surface area contributed by atoms with Gasteiger partial charge in [-0.25, -0.2) is 11.7 Å². The molecule has 17 heavy (non-hydrogen) atoms. The normalized spacial score (nSPS) is 12.3. The molecule has 2 amide bonds. The van der Waals surface area contributed by atoms with Crippen LogP contribution in [0.3, 0.4) is 0 Å². The summed E-state index contributed by atoms with van der Waals surface area (Å²) in [6, 6.07) is 0. The summed E-state index contributed by atoms with van der Waals surface area (Å²) in [6.07, 6.45) is -0.209. The first-order valence-electron chi connectivity index (χ1n) is 5.33. The van der Waals surface area contributed by atoms with Gasteiger partial charge in [0, 0.05) is 6.61 Å². The molecular formula is C9H20N4O4. The summed E-state index contributed by atoms with van der Waals surface area (Å²) in [5, 5.41) is 9.57. The number of nitrogens with one attached hydrogen (secondary N) is 2. The monoisotopic (exact) mass is 248 g/mol. The highest BCUT2D eigenvalue weighted by atomic mass is 16.5. The highest BCUT2D eigenvalue weighted by molar-refractivity contribution is 5.99. The first kappa shape index (κ1) is 15.8. The molecule has 7 N–H and O–H groups in total. The molecule has 0 heterocycles. The molecule has 0 radical (unpaired) electrons. The Hall–Kier alpha value is -1.22. The van der Waals surface area contributed by atoms with Crippen molar-refractivity contribution in [2.75, 3.05) is 13.2 Å². The van der Waals surface area contributed by atoms with E-state index in [9.17, 15) is 14.7 Å². The van der Waals surface area contributed by atoms with Crippen LogP contribution in [0.15, 0.2) is 0 Å². The number of aliphatic hydroxyl groups is 1. The SMILES string of the molecule is CCCOC[C@H](O)CC(C(=O)NN)C(=O)NN. The minimum absolute atomic E-state index is 0.0556. The number of aliphatic hydroxyl groups excluding tert-OH is 1.